The van der Waals surface area contributed by atoms with Crippen LogP contribution in [0.4, 0.5) is 5.69 Å². The lowest BCUT2D eigenvalue weighted by molar-refractivity contribution is -0.114. The lowest BCUT2D eigenvalue weighted by Gasteiger charge is -2.37. The van der Waals surface area contributed by atoms with Crippen molar-refractivity contribution < 1.29 is 22.5 Å². The van der Waals surface area contributed by atoms with Crippen molar-refractivity contribution in [1.82, 2.24) is 19.3 Å². The largest absolute Gasteiger partial charge is 0.339 e. The summed E-state index contributed by atoms with van der Waals surface area (Å²) < 4.78 is 30.2. The standard InChI is InChI=1S/C20H25N5O5S/c1-13(26)21-17-5-3-4-15(10-17)20(27)24-11-16(12-24)19-22-18(23-30-19)14-6-8-25(9-7-14)31(2,28)29/h3-5,10,14,16H,6-9,11-12H2,1-2H3,(H,21,26). The molecule has 2 aliphatic rings. The Bertz CT molecular complexity index is 1080. The number of hydrogen-bond donors (Lipinski definition) is 1. The highest BCUT2D eigenvalue weighted by atomic mass is 32.2. The van der Waals surface area contributed by atoms with Crippen molar-refractivity contribution in [2.24, 2.45) is 0 Å². The van der Waals surface area contributed by atoms with Crippen molar-refractivity contribution >= 4 is 27.5 Å². The first-order valence-electron chi connectivity index (χ1n) is 10.2. The molecule has 3 heterocycles. The van der Waals surface area contributed by atoms with Gasteiger partial charge < -0.3 is 14.7 Å². The maximum Gasteiger partial charge on any atom is 0.253 e. The van der Waals surface area contributed by atoms with Crippen LogP contribution in [0.1, 0.15) is 53.7 Å². The molecular formula is C20H25N5O5S. The van der Waals surface area contributed by atoms with Crippen LogP contribution in [-0.2, 0) is 14.8 Å². The van der Waals surface area contributed by atoms with Gasteiger partial charge in [-0.15, -0.1) is 0 Å². The molecule has 1 aromatic carbocycles. The molecule has 4 rings (SSSR count). The Labute approximate surface area is 180 Å². The Morgan fingerprint density at radius 3 is 2.52 bits per heavy atom. The molecule has 0 atom stereocenters. The van der Waals surface area contributed by atoms with Crippen LogP contribution < -0.4 is 5.32 Å². The van der Waals surface area contributed by atoms with Gasteiger partial charge in [-0.2, -0.15) is 4.98 Å². The van der Waals surface area contributed by atoms with Crippen LogP contribution in [0.5, 0.6) is 0 Å². The molecule has 2 aliphatic heterocycles. The van der Waals surface area contributed by atoms with E-state index >= 15 is 0 Å². The summed E-state index contributed by atoms with van der Waals surface area (Å²) in [6.45, 7) is 3.30. The number of piperidine rings is 1. The monoisotopic (exact) mass is 447 g/mol. The zero-order valence-corrected chi connectivity index (χ0v) is 18.3. The highest BCUT2D eigenvalue weighted by molar-refractivity contribution is 7.88. The summed E-state index contributed by atoms with van der Waals surface area (Å²) in [4.78, 5) is 30.1. The third-order valence-electron chi connectivity index (χ3n) is 5.69. The topological polar surface area (TPSA) is 126 Å². The molecule has 0 spiro atoms. The minimum absolute atomic E-state index is 0.0140. The van der Waals surface area contributed by atoms with Crippen LogP contribution in [0.3, 0.4) is 0 Å². The first-order valence-corrected chi connectivity index (χ1v) is 12.0. The second-order valence-corrected chi connectivity index (χ2v) is 10.1. The van der Waals surface area contributed by atoms with Crippen LogP contribution in [0.15, 0.2) is 28.8 Å². The van der Waals surface area contributed by atoms with E-state index in [0.717, 1.165) is 0 Å². The molecule has 0 bridgehead atoms. The molecule has 1 N–H and O–H groups in total. The van der Waals surface area contributed by atoms with Crippen LogP contribution in [0, 0.1) is 0 Å². The second-order valence-electron chi connectivity index (χ2n) is 8.10. The Balaban J connectivity index is 1.32. The summed E-state index contributed by atoms with van der Waals surface area (Å²) in [5.74, 6) is 0.872. The van der Waals surface area contributed by atoms with Crippen LogP contribution in [0.25, 0.3) is 0 Å². The molecule has 31 heavy (non-hydrogen) atoms. The predicted octanol–water partition coefficient (Wildman–Crippen LogP) is 1.41. The molecule has 0 radical (unpaired) electrons. The first kappa shape index (κ1) is 21.4. The summed E-state index contributed by atoms with van der Waals surface area (Å²) >= 11 is 0. The SMILES string of the molecule is CC(=O)Nc1cccc(C(=O)N2CC(c3nc(C4CCN(S(C)(=O)=O)CC4)no3)C2)c1. The van der Waals surface area contributed by atoms with Gasteiger partial charge in [0.25, 0.3) is 5.91 Å². The quantitative estimate of drug-likeness (QED) is 0.734. The number of rotatable bonds is 5. The zero-order chi connectivity index (χ0) is 22.2. The minimum atomic E-state index is -3.17. The number of amides is 2. The number of nitrogens with one attached hydrogen (secondary N) is 1. The normalized spacial score (nSPS) is 18.6. The molecule has 2 amide bonds. The summed E-state index contributed by atoms with van der Waals surface area (Å²) in [6.07, 6.45) is 2.54. The van der Waals surface area contributed by atoms with Gasteiger partial charge in [0.15, 0.2) is 5.82 Å². The zero-order valence-electron chi connectivity index (χ0n) is 17.4. The van der Waals surface area contributed by atoms with Gasteiger partial charge in [-0.3, -0.25) is 9.59 Å². The summed E-state index contributed by atoms with van der Waals surface area (Å²) in [6, 6.07) is 6.84. The maximum absolute atomic E-state index is 12.7. The molecule has 166 valence electrons. The van der Waals surface area contributed by atoms with Crippen molar-refractivity contribution in [2.75, 3.05) is 37.8 Å². The molecule has 0 saturated carbocycles. The fourth-order valence-corrected chi connectivity index (χ4v) is 4.82. The van der Waals surface area contributed by atoms with Crippen LogP contribution in [0.2, 0.25) is 0 Å². The van der Waals surface area contributed by atoms with Gasteiger partial charge in [0.05, 0.1) is 12.2 Å². The lowest BCUT2D eigenvalue weighted by atomic mass is 9.96. The average Bonchev–Trinajstić information content (AvgIpc) is 3.15. The molecule has 0 aliphatic carbocycles. The van der Waals surface area contributed by atoms with Crippen molar-refractivity contribution in [3.8, 4) is 0 Å². The van der Waals surface area contributed by atoms with Crippen molar-refractivity contribution in [3.63, 3.8) is 0 Å². The fraction of sp³-hybridized carbons (Fsp3) is 0.500. The number of carbonyl (C=O) groups excluding carboxylic acids is 2. The van der Waals surface area contributed by atoms with Gasteiger partial charge in [0, 0.05) is 50.3 Å². The number of benzene rings is 1. The van der Waals surface area contributed by atoms with Gasteiger partial charge in [-0.05, 0) is 31.0 Å². The number of sulfonamides is 1. The predicted molar refractivity (Wildman–Crippen MR) is 112 cm³/mol. The maximum atomic E-state index is 12.7. The Morgan fingerprint density at radius 2 is 1.87 bits per heavy atom. The highest BCUT2D eigenvalue weighted by Gasteiger charge is 2.37. The molecule has 2 saturated heterocycles. The number of likely N-dealkylation sites (tertiary alicyclic amines) is 1. The van der Waals surface area contributed by atoms with E-state index in [0.29, 0.717) is 62.0 Å². The van der Waals surface area contributed by atoms with Gasteiger partial charge in [0.1, 0.15) is 0 Å². The fourth-order valence-electron chi connectivity index (χ4n) is 3.94. The Morgan fingerprint density at radius 1 is 1.16 bits per heavy atom. The number of anilines is 1. The van der Waals surface area contributed by atoms with Crippen LogP contribution >= 0.6 is 0 Å². The molecule has 10 nitrogen and oxygen atoms in total. The van der Waals surface area contributed by atoms with Crippen molar-refractivity contribution in [3.05, 3.63) is 41.5 Å². The average molecular weight is 448 g/mol. The molecule has 2 fully saturated rings. The van der Waals surface area contributed by atoms with Crippen molar-refractivity contribution in [2.45, 2.75) is 31.6 Å². The summed E-state index contributed by atoms with van der Waals surface area (Å²) in [5, 5.41) is 6.77. The van der Waals surface area contributed by atoms with Crippen molar-refractivity contribution in [1.29, 1.82) is 0 Å². The van der Waals surface area contributed by atoms with E-state index in [4.69, 9.17) is 4.52 Å². The first-order chi connectivity index (χ1) is 14.7. The number of hydrogen-bond acceptors (Lipinski definition) is 7. The number of nitrogens with zero attached hydrogens (tertiary/aromatic N) is 4. The van der Waals surface area contributed by atoms with E-state index in [1.54, 1.807) is 29.2 Å². The summed E-state index contributed by atoms with van der Waals surface area (Å²) in [5.41, 5.74) is 1.09. The molecule has 11 heteroatoms. The smallest absolute Gasteiger partial charge is 0.253 e. The van der Waals surface area contributed by atoms with Gasteiger partial charge in [0.2, 0.25) is 21.8 Å². The molecular weight excluding hydrogens is 422 g/mol. The van der Waals surface area contributed by atoms with E-state index in [-0.39, 0.29) is 23.7 Å². The number of aromatic nitrogens is 2. The van der Waals surface area contributed by atoms with E-state index in [1.165, 1.54) is 17.5 Å². The molecule has 0 unspecified atom stereocenters. The third kappa shape index (κ3) is 4.77. The van der Waals surface area contributed by atoms with Gasteiger partial charge in [-0.25, -0.2) is 12.7 Å². The van der Waals surface area contributed by atoms with E-state index < -0.39 is 10.0 Å². The Kier molecular flexibility index (Phi) is 5.80. The van der Waals surface area contributed by atoms with Crippen LogP contribution in [-0.4, -0.2) is 72.0 Å². The molecule has 2 aromatic rings. The summed E-state index contributed by atoms with van der Waals surface area (Å²) in [7, 11) is -3.17. The van der Waals surface area contributed by atoms with E-state index in [9.17, 15) is 18.0 Å². The Hall–Kier alpha value is -2.79. The van der Waals surface area contributed by atoms with Gasteiger partial charge >= 0.3 is 0 Å². The second kappa shape index (κ2) is 8.39. The number of carbonyl (C=O) groups is 2. The minimum Gasteiger partial charge on any atom is -0.339 e. The third-order valence-corrected chi connectivity index (χ3v) is 7.00. The van der Waals surface area contributed by atoms with E-state index in [1.807, 2.05) is 0 Å². The highest BCUT2D eigenvalue weighted by Crippen LogP contribution is 2.31. The van der Waals surface area contributed by atoms with E-state index in [2.05, 4.69) is 15.5 Å². The van der Waals surface area contributed by atoms with Gasteiger partial charge in [-0.1, -0.05) is 11.2 Å². The lowest BCUT2D eigenvalue weighted by Crippen LogP contribution is -2.48. The molecule has 1 aromatic heterocycles.